The Balaban J connectivity index is 1.26. The Morgan fingerprint density at radius 2 is 0.927 bits per heavy atom. The second kappa shape index (κ2) is 11.5. The number of aromatic nitrogens is 4. The molecule has 5 nitrogen and oxygen atoms in total. The van der Waals surface area contributed by atoms with Gasteiger partial charge in [-0.1, -0.05) is 146 Å². The van der Waals surface area contributed by atoms with Gasteiger partial charge in [0, 0.05) is 49.0 Å². The number of hydrogen-bond acceptors (Lipinski definition) is 3. The van der Waals surface area contributed by atoms with Crippen molar-refractivity contribution in [3.8, 4) is 34.0 Å². The molecule has 12 aromatic rings. The van der Waals surface area contributed by atoms with Gasteiger partial charge in [-0.05, 0) is 47.5 Å². The predicted molar refractivity (Wildman–Crippen MR) is 226 cm³/mol. The van der Waals surface area contributed by atoms with E-state index in [0.717, 1.165) is 93.6 Å². The van der Waals surface area contributed by atoms with Gasteiger partial charge in [-0.2, -0.15) is 0 Å². The number of rotatable bonds is 4. The molecule has 4 heterocycles. The maximum atomic E-state index is 6.82. The van der Waals surface area contributed by atoms with E-state index in [0.29, 0.717) is 5.95 Å². The average molecular weight is 703 g/mol. The van der Waals surface area contributed by atoms with Gasteiger partial charge in [0.25, 0.3) is 0 Å². The van der Waals surface area contributed by atoms with Crippen LogP contribution in [0.25, 0.3) is 110 Å². The van der Waals surface area contributed by atoms with Crippen LogP contribution in [-0.4, -0.2) is 19.1 Å². The Hall–Kier alpha value is -7.50. The summed E-state index contributed by atoms with van der Waals surface area (Å²) in [4.78, 5) is 10.9. The van der Waals surface area contributed by atoms with Gasteiger partial charge < -0.3 is 8.98 Å². The van der Waals surface area contributed by atoms with Crippen LogP contribution in [0, 0.1) is 0 Å². The topological polar surface area (TPSA) is 48.8 Å². The standard InChI is InChI=1S/C50H30N4O/c1-3-13-31(14-4-1)32-23-25-33(26-24-32)45-41-19-7-10-20-42(41)51-50(52-45)54-47-38(39-29-30-40-36-18-9-12-22-44(36)55-49(40)48(39)54)28-27-37-35-17-8-11-21-43(35)53(46(37)47)34-15-5-2-6-16-34/h1-30H. The van der Waals surface area contributed by atoms with Crippen LogP contribution in [-0.2, 0) is 0 Å². The van der Waals surface area contributed by atoms with Crippen LogP contribution in [0.15, 0.2) is 186 Å². The average Bonchev–Trinajstić information content (AvgIpc) is 3.92. The monoisotopic (exact) mass is 702 g/mol. The van der Waals surface area contributed by atoms with E-state index in [2.05, 4.69) is 173 Å². The number of benzene rings is 8. The van der Waals surface area contributed by atoms with Crippen molar-refractivity contribution in [2.45, 2.75) is 0 Å². The summed E-state index contributed by atoms with van der Waals surface area (Å²) >= 11 is 0. The maximum Gasteiger partial charge on any atom is 0.236 e. The van der Waals surface area contributed by atoms with E-state index in [1.54, 1.807) is 0 Å². The number of hydrogen-bond donors (Lipinski definition) is 0. The van der Waals surface area contributed by atoms with Crippen molar-refractivity contribution in [3.05, 3.63) is 182 Å². The molecule has 4 aromatic heterocycles. The van der Waals surface area contributed by atoms with Crippen molar-refractivity contribution >= 4 is 76.5 Å². The summed E-state index contributed by atoms with van der Waals surface area (Å²) in [5.74, 6) is 0.589. The fourth-order valence-electron chi connectivity index (χ4n) is 8.69. The molecular weight excluding hydrogens is 673 g/mol. The van der Waals surface area contributed by atoms with Gasteiger partial charge in [-0.15, -0.1) is 0 Å². The second-order valence-corrected chi connectivity index (χ2v) is 14.2. The highest BCUT2D eigenvalue weighted by Crippen LogP contribution is 2.45. The van der Waals surface area contributed by atoms with Crippen molar-refractivity contribution < 1.29 is 4.42 Å². The molecule has 0 aliphatic heterocycles. The zero-order chi connectivity index (χ0) is 36.0. The van der Waals surface area contributed by atoms with Crippen molar-refractivity contribution in [1.82, 2.24) is 19.1 Å². The zero-order valence-corrected chi connectivity index (χ0v) is 29.5. The largest absolute Gasteiger partial charge is 0.454 e. The van der Waals surface area contributed by atoms with Crippen molar-refractivity contribution in [2.24, 2.45) is 0 Å². The number of nitrogens with zero attached hydrogens (tertiary/aromatic N) is 4. The summed E-state index contributed by atoms with van der Waals surface area (Å²) in [7, 11) is 0. The third-order valence-electron chi connectivity index (χ3n) is 11.1. The molecule has 0 fully saturated rings. The smallest absolute Gasteiger partial charge is 0.236 e. The summed E-state index contributed by atoms with van der Waals surface area (Å²) in [6.45, 7) is 0. The van der Waals surface area contributed by atoms with Crippen molar-refractivity contribution in [2.75, 3.05) is 0 Å². The van der Waals surface area contributed by atoms with Gasteiger partial charge >= 0.3 is 0 Å². The second-order valence-electron chi connectivity index (χ2n) is 14.2. The molecule has 5 heteroatoms. The Labute approximate surface area is 315 Å². The van der Waals surface area contributed by atoms with E-state index in [4.69, 9.17) is 14.4 Å². The molecule has 0 aliphatic carbocycles. The molecular formula is C50H30N4O. The molecule has 12 rings (SSSR count). The molecule has 0 atom stereocenters. The van der Waals surface area contributed by atoms with E-state index >= 15 is 0 Å². The first-order valence-electron chi connectivity index (χ1n) is 18.6. The minimum Gasteiger partial charge on any atom is -0.454 e. The van der Waals surface area contributed by atoms with E-state index in [-0.39, 0.29) is 0 Å². The Bertz CT molecular complexity index is 3470. The van der Waals surface area contributed by atoms with Crippen LogP contribution >= 0.6 is 0 Å². The fourth-order valence-corrected chi connectivity index (χ4v) is 8.69. The normalized spacial score (nSPS) is 12.0. The lowest BCUT2D eigenvalue weighted by Crippen LogP contribution is -2.05. The molecule has 0 radical (unpaired) electrons. The van der Waals surface area contributed by atoms with Gasteiger partial charge in [-0.3, -0.25) is 4.57 Å². The van der Waals surface area contributed by atoms with Crippen LogP contribution in [0.2, 0.25) is 0 Å². The summed E-state index contributed by atoms with van der Waals surface area (Å²) in [6, 6.07) is 64.1. The highest BCUT2D eigenvalue weighted by Gasteiger charge is 2.26. The third kappa shape index (κ3) is 4.35. The summed E-state index contributed by atoms with van der Waals surface area (Å²) < 4.78 is 11.5. The Morgan fingerprint density at radius 3 is 1.73 bits per heavy atom. The molecule has 0 saturated heterocycles. The fraction of sp³-hybridized carbons (Fsp3) is 0. The lowest BCUT2D eigenvalue weighted by Gasteiger charge is -2.14. The molecule has 256 valence electrons. The van der Waals surface area contributed by atoms with E-state index < -0.39 is 0 Å². The van der Waals surface area contributed by atoms with Gasteiger partial charge in [0.1, 0.15) is 11.1 Å². The first kappa shape index (κ1) is 30.0. The van der Waals surface area contributed by atoms with Crippen LogP contribution in [0.1, 0.15) is 0 Å². The van der Waals surface area contributed by atoms with E-state index in [1.165, 1.54) is 10.9 Å². The van der Waals surface area contributed by atoms with Gasteiger partial charge in [0.05, 0.1) is 27.8 Å². The van der Waals surface area contributed by atoms with Crippen LogP contribution in [0.4, 0.5) is 0 Å². The number of fused-ring (bicyclic) bond motifs is 12. The Morgan fingerprint density at radius 1 is 0.364 bits per heavy atom. The molecule has 55 heavy (non-hydrogen) atoms. The van der Waals surface area contributed by atoms with Gasteiger partial charge in [-0.25, -0.2) is 9.97 Å². The van der Waals surface area contributed by atoms with Crippen LogP contribution in [0.5, 0.6) is 0 Å². The van der Waals surface area contributed by atoms with Crippen LogP contribution < -0.4 is 0 Å². The molecule has 8 aromatic carbocycles. The molecule has 0 aliphatic rings. The lowest BCUT2D eigenvalue weighted by atomic mass is 10.0. The zero-order valence-electron chi connectivity index (χ0n) is 29.5. The minimum absolute atomic E-state index is 0.589. The summed E-state index contributed by atoms with van der Waals surface area (Å²) in [5.41, 5.74) is 12.1. The van der Waals surface area contributed by atoms with E-state index in [1.807, 2.05) is 18.2 Å². The maximum absolute atomic E-state index is 6.82. The predicted octanol–water partition coefficient (Wildman–Crippen LogP) is 13.1. The van der Waals surface area contributed by atoms with Gasteiger partial charge in [0.15, 0.2) is 5.58 Å². The molecule has 0 N–H and O–H groups in total. The first-order chi connectivity index (χ1) is 27.3. The minimum atomic E-state index is 0.589. The number of furan rings is 1. The highest BCUT2D eigenvalue weighted by molar-refractivity contribution is 6.27. The van der Waals surface area contributed by atoms with Crippen molar-refractivity contribution in [1.29, 1.82) is 0 Å². The summed E-state index contributed by atoms with van der Waals surface area (Å²) in [5, 5.41) is 7.68. The summed E-state index contributed by atoms with van der Waals surface area (Å²) in [6.07, 6.45) is 0. The molecule has 0 amide bonds. The molecule has 0 saturated carbocycles. The molecule has 0 bridgehead atoms. The van der Waals surface area contributed by atoms with Crippen molar-refractivity contribution in [3.63, 3.8) is 0 Å². The molecule has 0 spiro atoms. The third-order valence-corrected chi connectivity index (χ3v) is 11.1. The van der Waals surface area contributed by atoms with Gasteiger partial charge in [0.2, 0.25) is 5.95 Å². The first-order valence-corrected chi connectivity index (χ1v) is 18.6. The SMILES string of the molecule is c1ccc(-c2ccc(-c3nc(-n4c5c(ccc6c7ccccc7oc65)c5ccc6c7ccccc7n(-c7ccccc7)c6c54)nc4ccccc34)cc2)cc1. The van der Waals surface area contributed by atoms with Crippen LogP contribution in [0.3, 0.4) is 0 Å². The Kier molecular flexibility index (Phi) is 6.27. The quantitative estimate of drug-likeness (QED) is 0.183. The lowest BCUT2D eigenvalue weighted by molar-refractivity contribution is 0.671. The molecule has 0 unspecified atom stereocenters. The highest BCUT2D eigenvalue weighted by atomic mass is 16.3. The van der Waals surface area contributed by atoms with E-state index in [9.17, 15) is 0 Å². The number of para-hydroxylation sites is 4.